The summed E-state index contributed by atoms with van der Waals surface area (Å²) in [5.74, 6) is -1.19. The first-order chi connectivity index (χ1) is 15.2. The molecule has 0 aliphatic heterocycles. The molecule has 4 rings (SSSR count). The van der Waals surface area contributed by atoms with Crippen molar-refractivity contribution in [3.8, 4) is 11.3 Å². The minimum atomic E-state index is -4.62. The number of esters is 1. The van der Waals surface area contributed by atoms with Crippen LogP contribution in [-0.2, 0) is 15.7 Å². The van der Waals surface area contributed by atoms with Gasteiger partial charge < -0.3 is 14.6 Å². The lowest BCUT2D eigenvalue weighted by atomic mass is 9.96. The Labute approximate surface area is 180 Å². The lowest BCUT2D eigenvalue weighted by Gasteiger charge is -2.27. The maximum atomic E-state index is 13.6. The standard InChI is InChI=1S/C22H20F3N3O4/c1-12-17-14(18(29)27-21(20(30)31-2)9-5-6-10-21)11-16(26-19(17)32-28-12)13-7-3-4-8-15(13)22(23,24)25/h3-4,7-8,11H,5-6,9-10H2,1-2H3,(H,27,29). The topological polar surface area (TPSA) is 94.3 Å². The van der Waals surface area contributed by atoms with E-state index in [1.165, 1.54) is 31.4 Å². The van der Waals surface area contributed by atoms with Gasteiger partial charge in [-0.3, -0.25) is 4.79 Å². The maximum Gasteiger partial charge on any atom is 0.417 e. The number of hydrogen-bond acceptors (Lipinski definition) is 6. The van der Waals surface area contributed by atoms with Gasteiger partial charge in [-0.25, -0.2) is 9.78 Å². The monoisotopic (exact) mass is 447 g/mol. The number of nitrogens with one attached hydrogen (secondary N) is 1. The van der Waals surface area contributed by atoms with Gasteiger partial charge in [0.05, 0.1) is 35.0 Å². The Morgan fingerprint density at radius 3 is 2.53 bits per heavy atom. The zero-order valence-corrected chi connectivity index (χ0v) is 17.4. The molecule has 1 N–H and O–H groups in total. The van der Waals surface area contributed by atoms with E-state index in [-0.39, 0.29) is 27.9 Å². The third-order valence-electron chi connectivity index (χ3n) is 5.76. The smallest absolute Gasteiger partial charge is 0.417 e. The average Bonchev–Trinajstić information content (AvgIpc) is 3.39. The van der Waals surface area contributed by atoms with Crippen LogP contribution < -0.4 is 5.32 Å². The Hall–Kier alpha value is -3.43. The summed E-state index contributed by atoms with van der Waals surface area (Å²) in [4.78, 5) is 29.9. The number of rotatable bonds is 4. The number of ether oxygens (including phenoxy) is 1. The third kappa shape index (κ3) is 3.69. The molecule has 0 saturated heterocycles. The summed E-state index contributed by atoms with van der Waals surface area (Å²) in [5.41, 5.74) is -2.06. The Bertz CT molecular complexity index is 1200. The summed E-state index contributed by atoms with van der Waals surface area (Å²) >= 11 is 0. The third-order valence-corrected chi connectivity index (χ3v) is 5.76. The molecule has 0 atom stereocenters. The number of amides is 1. The fraction of sp³-hybridized carbons (Fsp3) is 0.364. The minimum Gasteiger partial charge on any atom is -0.467 e. The van der Waals surface area contributed by atoms with Crippen molar-refractivity contribution in [2.75, 3.05) is 7.11 Å². The maximum absolute atomic E-state index is 13.6. The molecular weight excluding hydrogens is 427 g/mol. The Balaban J connectivity index is 1.85. The van der Waals surface area contributed by atoms with E-state index in [9.17, 15) is 22.8 Å². The molecule has 0 radical (unpaired) electrons. The van der Waals surface area contributed by atoms with Crippen molar-refractivity contribution >= 4 is 23.0 Å². The zero-order valence-electron chi connectivity index (χ0n) is 17.4. The molecule has 2 heterocycles. The lowest BCUT2D eigenvalue weighted by molar-refractivity contribution is -0.148. The number of benzene rings is 1. The van der Waals surface area contributed by atoms with E-state index in [1.807, 2.05) is 0 Å². The normalized spacial score (nSPS) is 15.7. The van der Waals surface area contributed by atoms with E-state index >= 15 is 0 Å². The summed E-state index contributed by atoms with van der Waals surface area (Å²) in [7, 11) is 1.25. The average molecular weight is 447 g/mol. The highest BCUT2D eigenvalue weighted by atomic mass is 19.4. The molecule has 1 fully saturated rings. The number of methoxy groups -OCH3 is 1. The summed E-state index contributed by atoms with van der Waals surface area (Å²) in [6.45, 7) is 1.60. The molecule has 2 aromatic heterocycles. The molecule has 1 aliphatic carbocycles. The quantitative estimate of drug-likeness (QED) is 0.595. The van der Waals surface area contributed by atoms with Crippen LogP contribution in [0.25, 0.3) is 22.4 Å². The summed E-state index contributed by atoms with van der Waals surface area (Å²) in [6, 6.07) is 6.21. The van der Waals surface area contributed by atoms with Crippen molar-refractivity contribution < 1.29 is 32.0 Å². The number of alkyl halides is 3. The minimum absolute atomic E-state index is 0.0240. The van der Waals surface area contributed by atoms with Crippen LogP contribution in [0.2, 0.25) is 0 Å². The van der Waals surface area contributed by atoms with E-state index in [4.69, 9.17) is 9.26 Å². The van der Waals surface area contributed by atoms with Gasteiger partial charge in [0.25, 0.3) is 11.6 Å². The van der Waals surface area contributed by atoms with Crippen LogP contribution in [0.4, 0.5) is 13.2 Å². The van der Waals surface area contributed by atoms with Crippen LogP contribution in [0.3, 0.4) is 0 Å². The van der Waals surface area contributed by atoms with Gasteiger partial charge in [0.2, 0.25) is 0 Å². The number of carbonyl (C=O) groups excluding carboxylic acids is 2. The van der Waals surface area contributed by atoms with E-state index in [1.54, 1.807) is 6.92 Å². The fourth-order valence-electron chi connectivity index (χ4n) is 4.20. The van der Waals surface area contributed by atoms with Crippen LogP contribution in [0.1, 0.15) is 47.3 Å². The number of pyridine rings is 1. The van der Waals surface area contributed by atoms with Crippen molar-refractivity contribution in [3.05, 3.63) is 47.2 Å². The molecule has 0 spiro atoms. The van der Waals surface area contributed by atoms with Gasteiger partial charge in [-0.2, -0.15) is 13.2 Å². The molecular formula is C22H20F3N3O4. The van der Waals surface area contributed by atoms with Gasteiger partial charge in [0.1, 0.15) is 5.54 Å². The van der Waals surface area contributed by atoms with Crippen molar-refractivity contribution in [2.45, 2.75) is 44.3 Å². The van der Waals surface area contributed by atoms with Gasteiger partial charge in [0, 0.05) is 5.56 Å². The Morgan fingerprint density at radius 1 is 1.19 bits per heavy atom. The first-order valence-electron chi connectivity index (χ1n) is 10.0. The van der Waals surface area contributed by atoms with Gasteiger partial charge >= 0.3 is 12.1 Å². The van der Waals surface area contributed by atoms with Gasteiger partial charge in [0.15, 0.2) is 0 Å². The number of aryl methyl sites for hydroxylation is 1. The predicted molar refractivity (Wildman–Crippen MR) is 108 cm³/mol. The second-order valence-electron chi connectivity index (χ2n) is 7.78. The predicted octanol–water partition coefficient (Wildman–Crippen LogP) is 4.43. The van der Waals surface area contributed by atoms with Crippen LogP contribution >= 0.6 is 0 Å². The number of carbonyl (C=O) groups is 2. The molecule has 32 heavy (non-hydrogen) atoms. The zero-order chi connectivity index (χ0) is 23.1. The molecule has 0 unspecified atom stereocenters. The fourth-order valence-corrected chi connectivity index (χ4v) is 4.20. The molecule has 10 heteroatoms. The first kappa shape index (κ1) is 21.8. The van der Waals surface area contributed by atoms with E-state index < -0.39 is 29.2 Å². The van der Waals surface area contributed by atoms with Crippen LogP contribution in [-0.4, -0.2) is 34.7 Å². The molecule has 3 aromatic rings. The number of hydrogen-bond donors (Lipinski definition) is 1. The van der Waals surface area contributed by atoms with E-state index in [0.29, 0.717) is 18.5 Å². The van der Waals surface area contributed by atoms with Crippen molar-refractivity contribution in [1.29, 1.82) is 0 Å². The molecule has 7 nitrogen and oxygen atoms in total. The highest BCUT2D eigenvalue weighted by molar-refractivity contribution is 6.08. The van der Waals surface area contributed by atoms with Crippen LogP contribution in [0.15, 0.2) is 34.9 Å². The highest BCUT2D eigenvalue weighted by Gasteiger charge is 2.44. The van der Waals surface area contributed by atoms with E-state index in [0.717, 1.165) is 18.9 Å². The second-order valence-corrected chi connectivity index (χ2v) is 7.78. The SMILES string of the molecule is COC(=O)C1(NC(=O)c2cc(-c3ccccc3C(F)(F)F)nc3onc(C)c23)CCCC1. The molecule has 1 amide bonds. The van der Waals surface area contributed by atoms with Crippen molar-refractivity contribution in [2.24, 2.45) is 0 Å². The van der Waals surface area contributed by atoms with Crippen LogP contribution in [0, 0.1) is 6.92 Å². The molecule has 1 saturated carbocycles. The van der Waals surface area contributed by atoms with Crippen molar-refractivity contribution in [1.82, 2.24) is 15.5 Å². The van der Waals surface area contributed by atoms with Gasteiger partial charge in [-0.15, -0.1) is 0 Å². The Kier molecular flexibility index (Phi) is 5.39. The molecule has 0 bridgehead atoms. The van der Waals surface area contributed by atoms with Gasteiger partial charge in [-0.05, 0) is 31.9 Å². The highest BCUT2D eigenvalue weighted by Crippen LogP contribution is 2.38. The molecule has 168 valence electrons. The summed E-state index contributed by atoms with van der Waals surface area (Å²) in [6.07, 6.45) is -2.33. The summed E-state index contributed by atoms with van der Waals surface area (Å²) in [5, 5.41) is 6.84. The number of fused-ring (bicyclic) bond motifs is 1. The number of nitrogens with zero attached hydrogens (tertiary/aromatic N) is 2. The number of halogens is 3. The van der Waals surface area contributed by atoms with Crippen LogP contribution in [0.5, 0.6) is 0 Å². The largest absolute Gasteiger partial charge is 0.467 e. The van der Waals surface area contributed by atoms with Crippen molar-refractivity contribution in [3.63, 3.8) is 0 Å². The lowest BCUT2D eigenvalue weighted by Crippen LogP contribution is -2.53. The Morgan fingerprint density at radius 2 is 1.88 bits per heavy atom. The second kappa shape index (κ2) is 7.92. The van der Waals surface area contributed by atoms with Gasteiger partial charge in [-0.1, -0.05) is 36.2 Å². The van der Waals surface area contributed by atoms with E-state index in [2.05, 4.69) is 15.5 Å². The summed E-state index contributed by atoms with van der Waals surface area (Å²) < 4.78 is 50.8. The molecule has 1 aliphatic rings. The molecule has 1 aromatic carbocycles. The number of aromatic nitrogens is 2. The first-order valence-corrected chi connectivity index (χ1v) is 10.0.